The number of nitrogens with one attached hydrogen (secondary N) is 2. The molecular formula is C21H23N5O3S2. The molecule has 0 bridgehead atoms. The van der Waals surface area contributed by atoms with Gasteiger partial charge in [-0.1, -0.05) is 6.07 Å². The molecule has 0 unspecified atom stereocenters. The number of sulfonamides is 1. The van der Waals surface area contributed by atoms with Crippen molar-refractivity contribution >= 4 is 39.2 Å². The minimum Gasteiger partial charge on any atom is -0.372 e. The highest BCUT2D eigenvalue weighted by Crippen LogP contribution is 2.29. The van der Waals surface area contributed by atoms with E-state index in [2.05, 4.69) is 20.6 Å². The Balaban J connectivity index is 2.00. The van der Waals surface area contributed by atoms with E-state index in [1.807, 2.05) is 38.3 Å². The summed E-state index contributed by atoms with van der Waals surface area (Å²) in [7, 11) is -2.12. The van der Waals surface area contributed by atoms with E-state index >= 15 is 0 Å². The fourth-order valence-corrected chi connectivity index (χ4v) is 4.00. The van der Waals surface area contributed by atoms with Crippen LogP contribution in [-0.4, -0.2) is 37.6 Å². The first kappa shape index (κ1) is 22.7. The smallest absolute Gasteiger partial charge is 0.262 e. The first-order chi connectivity index (χ1) is 14.6. The first-order valence-electron chi connectivity index (χ1n) is 9.29. The van der Waals surface area contributed by atoms with Crippen LogP contribution in [0.4, 0.5) is 11.5 Å². The molecule has 31 heavy (non-hydrogen) atoms. The van der Waals surface area contributed by atoms with Gasteiger partial charge in [-0.3, -0.25) is 4.79 Å². The summed E-state index contributed by atoms with van der Waals surface area (Å²) in [5.74, 6) is 0.400. The van der Waals surface area contributed by atoms with Crippen LogP contribution in [0.25, 0.3) is 11.4 Å². The molecule has 8 nitrogen and oxygen atoms in total. The third-order valence-electron chi connectivity index (χ3n) is 4.74. The molecular weight excluding hydrogens is 434 g/mol. The Morgan fingerprint density at radius 1 is 1.03 bits per heavy atom. The highest BCUT2D eigenvalue weighted by molar-refractivity contribution is 7.98. The fourth-order valence-electron chi connectivity index (χ4n) is 2.91. The van der Waals surface area contributed by atoms with Gasteiger partial charge in [0.1, 0.15) is 16.4 Å². The van der Waals surface area contributed by atoms with Crippen LogP contribution in [0.15, 0.2) is 52.4 Å². The van der Waals surface area contributed by atoms with Crippen molar-refractivity contribution in [3.63, 3.8) is 0 Å². The predicted octanol–water partition coefficient (Wildman–Crippen LogP) is 3.42. The molecule has 1 amide bonds. The second-order valence-electron chi connectivity index (χ2n) is 6.85. The second-order valence-corrected chi connectivity index (χ2v) is 9.21. The molecule has 3 aromatic rings. The van der Waals surface area contributed by atoms with E-state index < -0.39 is 10.0 Å². The minimum atomic E-state index is -3.79. The number of nitrogens with zero attached hydrogens (tertiary/aromatic N) is 2. The largest absolute Gasteiger partial charge is 0.372 e. The molecule has 0 fully saturated rings. The Kier molecular flexibility index (Phi) is 6.63. The predicted molar refractivity (Wildman–Crippen MR) is 124 cm³/mol. The molecule has 3 rings (SSSR count). The molecule has 1 heterocycles. The zero-order valence-electron chi connectivity index (χ0n) is 17.6. The standard InChI is InChI=1S/C21H23N5O3S2/c1-12-5-8-15(11-13(12)2)24-20(27)17-19(23-3)25-18(26-21(17)30-4)14-6-9-16(10-7-14)31(22,28)29/h5-11H,1-4H3,(H,24,27)(H2,22,28,29)(H,23,25,26). The van der Waals surface area contributed by atoms with E-state index in [-0.39, 0.29) is 10.8 Å². The van der Waals surface area contributed by atoms with Crippen molar-refractivity contribution in [2.45, 2.75) is 23.8 Å². The number of amides is 1. The van der Waals surface area contributed by atoms with Gasteiger partial charge in [-0.15, -0.1) is 11.8 Å². The van der Waals surface area contributed by atoms with Crippen molar-refractivity contribution in [1.82, 2.24) is 9.97 Å². The minimum absolute atomic E-state index is 0.000399. The lowest BCUT2D eigenvalue weighted by atomic mass is 10.1. The number of aryl methyl sites for hydroxylation is 2. The summed E-state index contributed by atoms with van der Waals surface area (Å²) in [5.41, 5.74) is 3.83. The SMILES string of the molecule is CNc1nc(-c2ccc(S(N)(=O)=O)cc2)nc(SC)c1C(=O)Nc1ccc(C)c(C)c1. The summed E-state index contributed by atoms with van der Waals surface area (Å²) in [6, 6.07) is 11.6. The number of hydrogen-bond donors (Lipinski definition) is 3. The fraction of sp³-hybridized carbons (Fsp3) is 0.190. The van der Waals surface area contributed by atoms with Crippen LogP contribution in [0.1, 0.15) is 21.5 Å². The first-order valence-corrected chi connectivity index (χ1v) is 12.1. The lowest BCUT2D eigenvalue weighted by molar-refractivity contribution is 0.102. The number of carbonyl (C=O) groups is 1. The van der Waals surface area contributed by atoms with Gasteiger partial charge in [0.05, 0.1) is 4.90 Å². The van der Waals surface area contributed by atoms with Crippen LogP contribution in [0.5, 0.6) is 0 Å². The maximum Gasteiger partial charge on any atom is 0.262 e. The number of primary sulfonamides is 1. The number of thioether (sulfide) groups is 1. The third-order valence-corrected chi connectivity index (χ3v) is 6.35. The summed E-state index contributed by atoms with van der Waals surface area (Å²) >= 11 is 1.32. The quantitative estimate of drug-likeness (QED) is 0.382. The number of carbonyl (C=O) groups excluding carboxylic acids is 1. The topological polar surface area (TPSA) is 127 Å². The summed E-state index contributed by atoms with van der Waals surface area (Å²) in [6.45, 7) is 3.99. The Hall–Kier alpha value is -2.95. The highest BCUT2D eigenvalue weighted by Gasteiger charge is 2.21. The molecule has 0 radical (unpaired) electrons. The van der Waals surface area contributed by atoms with E-state index in [0.717, 1.165) is 11.1 Å². The summed E-state index contributed by atoms with van der Waals surface area (Å²) in [4.78, 5) is 22.1. The van der Waals surface area contributed by atoms with E-state index in [9.17, 15) is 13.2 Å². The number of aromatic nitrogens is 2. The van der Waals surface area contributed by atoms with Crippen LogP contribution in [0, 0.1) is 13.8 Å². The van der Waals surface area contributed by atoms with Crippen LogP contribution in [0.3, 0.4) is 0 Å². The van der Waals surface area contributed by atoms with E-state index in [1.54, 1.807) is 19.2 Å². The average Bonchev–Trinajstić information content (AvgIpc) is 2.74. The summed E-state index contributed by atoms with van der Waals surface area (Å²) in [6.07, 6.45) is 1.82. The zero-order valence-corrected chi connectivity index (χ0v) is 19.2. The van der Waals surface area contributed by atoms with E-state index in [4.69, 9.17) is 5.14 Å². The van der Waals surface area contributed by atoms with Gasteiger partial charge in [-0.05, 0) is 67.6 Å². The zero-order chi connectivity index (χ0) is 22.8. The van der Waals surface area contributed by atoms with Gasteiger partial charge >= 0.3 is 0 Å². The van der Waals surface area contributed by atoms with Crippen molar-refractivity contribution in [3.05, 3.63) is 59.2 Å². The molecule has 0 atom stereocenters. The molecule has 0 aliphatic heterocycles. The monoisotopic (exact) mass is 457 g/mol. The number of hydrogen-bond acceptors (Lipinski definition) is 7. The van der Waals surface area contributed by atoms with Crippen molar-refractivity contribution < 1.29 is 13.2 Å². The second kappa shape index (κ2) is 9.04. The Bertz CT molecular complexity index is 1220. The Labute approximate surface area is 185 Å². The molecule has 4 N–H and O–H groups in total. The molecule has 0 spiro atoms. The van der Waals surface area contributed by atoms with Crippen LogP contribution in [0.2, 0.25) is 0 Å². The summed E-state index contributed by atoms with van der Waals surface area (Å²) < 4.78 is 23.0. The number of nitrogens with two attached hydrogens (primary N) is 1. The lowest BCUT2D eigenvalue weighted by Gasteiger charge is -2.14. The molecule has 1 aromatic heterocycles. The number of anilines is 2. The van der Waals surface area contributed by atoms with Gasteiger partial charge in [0.25, 0.3) is 5.91 Å². The third kappa shape index (κ3) is 5.04. The van der Waals surface area contributed by atoms with Gasteiger partial charge < -0.3 is 10.6 Å². The van der Waals surface area contributed by atoms with Crippen LogP contribution < -0.4 is 15.8 Å². The van der Waals surface area contributed by atoms with E-state index in [1.165, 1.54) is 23.9 Å². The van der Waals surface area contributed by atoms with Crippen molar-refractivity contribution in [2.75, 3.05) is 23.9 Å². The molecule has 0 aliphatic rings. The molecule has 0 saturated heterocycles. The normalized spacial score (nSPS) is 11.3. The Morgan fingerprint density at radius 2 is 1.71 bits per heavy atom. The van der Waals surface area contributed by atoms with Crippen LogP contribution in [-0.2, 0) is 10.0 Å². The van der Waals surface area contributed by atoms with Crippen molar-refractivity contribution in [3.8, 4) is 11.4 Å². The maximum atomic E-state index is 13.0. The molecule has 10 heteroatoms. The molecule has 0 saturated carbocycles. The maximum absolute atomic E-state index is 13.0. The van der Waals surface area contributed by atoms with Gasteiger partial charge in [-0.2, -0.15) is 0 Å². The number of benzene rings is 2. The lowest BCUT2D eigenvalue weighted by Crippen LogP contribution is -2.17. The van der Waals surface area contributed by atoms with Gasteiger partial charge in [0, 0.05) is 18.3 Å². The molecule has 162 valence electrons. The highest BCUT2D eigenvalue weighted by atomic mass is 32.2. The number of rotatable bonds is 6. The van der Waals surface area contributed by atoms with Gasteiger partial charge in [0.15, 0.2) is 5.82 Å². The summed E-state index contributed by atoms with van der Waals surface area (Å²) in [5, 5.41) is 11.5. The van der Waals surface area contributed by atoms with Crippen molar-refractivity contribution in [1.29, 1.82) is 0 Å². The average molecular weight is 458 g/mol. The molecule has 0 aliphatic carbocycles. The Morgan fingerprint density at radius 3 is 2.26 bits per heavy atom. The van der Waals surface area contributed by atoms with Crippen molar-refractivity contribution in [2.24, 2.45) is 5.14 Å². The van der Waals surface area contributed by atoms with Gasteiger partial charge in [-0.25, -0.2) is 23.5 Å². The molecule has 2 aromatic carbocycles. The van der Waals surface area contributed by atoms with E-state index in [0.29, 0.717) is 33.5 Å². The van der Waals surface area contributed by atoms with Gasteiger partial charge in [0.2, 0.25) is 10.0 Å². The van der Waals surface area contributed by atoms with Crippen LogP contribution >= 0.6 is 11.8 Å².